The highest BCUT2D eigenvalue weighted by atomic mass is 79.9. The first-order chi connectivity index (χ1) is 8.58. The lowest BCUT2D eigenvalue weighted by Crippen LogP contribution is -2.14. The molecule has 1 atom stereocenters. The van der Waals surface area contributed by atoms with Crippen LogP contribution in [0.15, 0.2) is 40.2 Å². The predicted octanol–water partition coefficient (Wildman–Crippen LogP) is 4.32. The smallest absolute Gasteiger partial charge is 0.106 e. The van der Waals surface area contributed by atoms with Crippen LogP contribution in [-0.2, 0) is 0 Å². The van der Waals surface area contributed by atoms with Gasteiger partial charge in [-0.25, -0.2) is 0 Å². The summed E-state index contributed by atoms with van der Waals surface area (Å²) in [6.07, 6.45) is 0. The first-order valence-corrected chi connectivity index (χ1v) is 7.55. The van der Waals surface area contributed by atoms with Crippen molar-refractivity contribution in [3.8, 4) is 0 Å². The first kappa shape index (κ1) is 13.5. The lowest BCUT2D eigenvalue weighted by atomic mass is 10.1. The molecule has 2 aromatic rings. The Morgan fingerprint density at radius 1 is 1.44 bits per heavy atom. The van der Waals surface area contributed by atoms with E-state index in [4.69, 9.17) is 18.0 Å². The number of thiocarbonyl (C=S) groups is 1. The molecule has 1 unspecified atom stereocenters. The summed E-state index contributed by atoms with van der Waals surface area (Å²) in [5, 5.41) is 5.52. The van der Waals surface area contributed by atoms with Gasteiger partial charge >= 0.3 is 0 Å². The van der Waals surface area contributed by atoms with Gasteiger partial charge in [-0.1, -0.05) is 34.2 Å². The fourth-order valence-electron chi connectivity index (χ4n) is 1.69. The lowest BCUT2D eigenvalue weighted by Gasteiger charge is -2.17. The quantitative estimate of drug-likeness (QED) is 0.814. The average molecular weight is 341 g/mol. The van der Waals surface area contributed by atoms with Crippen LogP contribution in [0.1, 0.15) is 23.4 Å². The van der Waals surface area contributed by atoms with Crippen LogP contribution < -0.4 is 11.1 Å². The highest BCUT2D eigenvalue weighted by molar-refractivity contribution is 9.10. The van der Waals surface area contributed by atoms with Gasteiger partial charge in [-0.3, -0.25) is 0 Å². The topological polar surface area (TPSA) is 38.0 Å². The summed E-state index contributed by atoms with van der Waals surface area (Å²) in [6, 6.07) is 10.3. The van der Waals surface area contributed by atoms with Crippen LogP contribution in [0.5, 0.6) is 0 Å². The third-order valence-corrected chi connectivity index (χ3v) is 4.36. The number of benzene rings is 1. The minimum Gasteiger partial charge on any atom is -0.389 e. The van der Waals surface area contributed by atoms with Crippen LogP contribution >= 0.6 is 39.5 Å². The molecule has 1 aromatic heterocycles. The van der Waals surface area contributed by atoms with Crippen molar-refractivity contribution in [2.75, 3.05) is 5.32 Å². The Balaban J connectivity index is 2.28. The third-order valence-electron chi connectivity index (χ3n) is 2.59. The van der Waals surface area contributed by atoms with Gasteiger partial charge in [-0.05, 0) is 36.6 Å². The minimum atomic E-state index is 0.229. The summed E-state index contributed by atoms with van der Waals surface area (Å²) in [5.74, 6) is 0. The molecular formula is C13H13BrN2S2. The number of nitrogens with two attached hydrogens (primary N) is 1. The van der Waals surface area contributed by atoms with Gasteiger partial charge in [0.15, 0.2) is 0 Å². The molecule has 1 heterocycles. The molecule has 0 saturated heterocycles. The van der Waals surface area contributed by atoms with Crippen LogP contribution in [0.25, 0.3) is 0 Å². The Morgan fingerprint density at radius 2 is 2.22 bits per heavy atom. The molecule has 18 heavy (non-hydrogen) atoms. The molecule has 94 valence electrons. The molecule has 0 aliphatic rings. The number of anilines is 1. The van der Waals surface area contributed by atoms with Crippen LogP contribution in [0.4, 0.5) is 5.69 Å². The summed E-state index contributed by atoms with van der Waals surface area (Å²) in [6.45, 7) is 2.12. The predicted molar refractivity (Wildman–Crippen MR) is 86.4 cm³/mol. The number of hydrogen-bond acceptors (Lipinski definition) is 3. The van der Waals surface area contributed by atoms with Gasteiger partial charge in [0.1, 0.15) is 4.99 Å². The summed E-state index contributed by atoms with van der Waals surface area (Å²) in [4.78, 5) is 1.69. The zero-order valence-electron chi connectivity index (χ0n) is 9.81. The van der Waals surface area contributed by atoms with Gasteiger partial charge < -0.3 is 11.1 Å². The molecule has 0 aliphatic carbocycles. The van der Waals surface area contributed by atoms with Crippen molar-refractivity contribution in [2.24, 2.45) is 5.73 Å². The number of rotatable bonds is 4. The molecular weight excluding hydrogens is 328 g/mol. The Labute approximate surface area is 124 Å². The fraction of sp³-hybridized carbons (Fsp3) is 0.154. The molecule has 0 aliphatic heterocycles. The molecule has 0 bridgehead atoms. The number of hydrogen-bond donors (Lipinski definition) is 2. The van der Waals surface area contributed by atoms with Crippen LogP contribution in [-0.4, -0.2) is 4.99 Å². The highest BCUT2D eigenvalue weighted by Crippen LogP contribution is 2.27. The van der Waals surface area contributed by atoms with Crippen molar-refractivity contribution >= 4 is 50.2 Å². The molecule has 1 aromatic carbocycles. The summed E-state index contributed by atoms with van der Waals surface area (Å²) in [7, 11) is 0. The van der Waals surface area contributed by atoms with Crippen LogP contribution in [0.3, 0.4) is 0 Å². The van der Waals surface area contributed by atoms with E-state index in [9.17, 15) is 0 Å². The highest BCUT2D eigenvalue weighted by Gasteiger charge is 2.11. The third kappa shape index (κ3) is 3.10. The Bertz CT molecular complexity index is 552. The van der Waals surface area contributed by atoms with Crippen molar-refractivity contribution in [3.05, 3.63) is 50.6 Å². The largest absolute Gasteiger partial charge is 0.389 e. The normalized spacial score (nSPS) is 12.1. The summed E-state index contributed by atoms with van der Waals surface area (Å²) < 4.78 is 1.00. The second-order valence-electron chi connectivity index (χ2n) is 3.94. The van der Waals surface area contributed by atoms with E-state index >= 15 is 0 Å². The lowest BCUT2D eigenvalue weighted by molar-refractivity contribution is 0.907. The van der Waals surface area contributed by atoms with E-state index in [-0.39, 0.29) is 6.04 Å². The molecule has 2 nitrogen and oxygen atoms in total. The second-order valence-corrected chi connectivity index (χ2v) is 6.27. The monoisotopic (exact) mass is 340 g/mol. The number of halogens is 1. The van der Waals surface area contributed by atoms with Gasteiger partial charge in [-0.15, -0.1) is 11.3 Å². The summed E-state index contributed by atoms with van der Waals surface area (Å²) >= 11 is 10.3. The Kier molecular flexibility index (Phi) is 4.37. The molecule has 0 fully saturated rings. The van der Waals surface area contributed by atoms with Gasteiger partial charge in [0.05, 0.1) is 6.04 Å². The number of thiophene rings is 1. The standard InChI is InChI=1S/C13H13BrN2S2/c1-8(12-3-2-6-18-12)16-11-7-9(14)4-5-10(11)13(15)17/h2-8,16H,1H3,(H2,15,17). The van der Waals surface area contributed by atoms with Gasteiger partial charge in [0.2, 0.25) is 0 Å². The van der Waals surface area contributed by atoms with Gasteiger partial charge in [0.25, 0.3) is 0 Å². The zero-order valence-corrected chi connectivity index (χ0v) is 13.0. The van der Waals surface area contributed by atoms with Crippen molar-refractivity contribution in [2.45, 2.75) is 13.0 Å². The molecule has 2 rings (SSSR count). The van der Waals surface area contributed by atoms with Crippen LogP contribution in [0, 0.1) is 0 Å². The van der Waals surface area contributed by atoms with E-state index in [1.807, 2.05) is 24.3 Å². The van der Waals surface area contributed by atoms with Crippen LogP contribution in [0.2, 0.25) is 0 Å². The zero-order chi connectivity index (χ0) is 13.1. The van der Waals surface area contributed by atoms with E-state index < -0.39 is 0 Å². The maximum Gasteiger partial charge on any atom is 0.106 e. The van der Waals surface area contributed by atoms with E-state index in [0.717, 1.165) is 15.7 Å². The molecule has 0 radical (unpaired) electrons. The SMILES string of the molecule is CC(Nc1cc(Br)ccc1C(N)=S)c1cccs1. The van der Waals surface area contributed by atoms with Crippen molar-refractivity contribution < 1.29 is 0 Å². The second kappa shape index (κ2) is 5.82. The molecule has 5 heteroatoms. The maximum atomic E-state index is 5.74. The Hall–Kier alpha value is -0.910. The number of nitrogens with one attached hydrogen (secondary N) is 1. The molecule has 0 saturated carbocycles. The average Bonchev–Trinajstić information content (AvgIpc) is 2.81. The van der Waals surface area contributed by atoms with E-state index in [0.29, 0.717) is 4.99 Å². The van der Waals surface area contributed by atoms with Gasteiger partial charge in [-0.2, -0.15) is 0 Å². The fourth-order valence-corrected chi connectivity index (χ4v) is 2.97. The molecule has 0 amide bonds. The van der Waals surface area contributed by atoms with E-state index in [1.165, 1.54) is 4.88 Å². The Morgan fingerprint density at radius 3 is 2.83 bits per heavy atom. The first-order valence-electron chi connectivity index (χ1n) is 5.47. The van der Waals surface area contributed by atoms with Crippen molar-refractivity contribution in [1.29, 1.82) is 0 Å². The summed E-state index contributed by atoms with van der Waals surface area (Å²) in [5.41, 5.74) is 7.57. The molecule has 0 spiro atoms. The van der Waals surface area contributed by atoms with E-state index in [2.05, 4.69) is 39.6 Å². The van der Waals surface area contributed by atoms with Gasteiger partial charge in [0, 0.05) is 20.6 Å². The van der Waals surface area contributed by atoms with Crippen molar-refractivity contribution in [3.63, 3.8) is 0 Å². The molecule has 3 N–H and O–H groups in total. The van der Waals surface area contributed by atoms with E-state index in [1.54, 1.807) is 11.3 Å². The van der Waals surface area contributed by atoms with Crippen molar-refractivity contribution in [1.82, 2.24) is 0 Å². The maximum absolute atomic E-state index is 5.74. The minimum absolute atomic E-state index is 0.229.